The number of hydrogen-bond acceptors (Lipinski definition) is 5. The number of carbonyl (C=O) groups excluding carboxylic acids is 1. The van der Waals surface area contributed by atoms with Crippen LogP contribution >= 0.6 is 0 Å². The van der Waals surface area contributed by atoms with Crippen LogP contribution in [0.25, 0.3) is 0 Å². The average Bonchev–Trinajstić information content (AvgIpc) is 2.53. The van der Waals surface area contributed by atoms with Crippen molar-refractivity contribution in [1.82, 2.24) is 15.3 Å². The molecular formula is C15H15F2N3O3. The van der Waals surface area contributed by atoms with Gasteiger partial charge in [0.1, 0.15) is 5.69 Å². The molecule has 1 heterocycles. The van der Waals surface area contributed by atoms with Crippen LogP contribution in [0.1, 0.15) is 21.7 Å². The Kier molecular flexibility index (Phi) is 5.40. The monoisotopic (exact) mass is 323 g/mol. The van der Waals surface area contributed by atoms with Crippen LogP contribution in [-0.4, -0.2) is 29.6 Å². The molecule has 0 atom stereocenters. The molecule has 122 valence electrons. The standard InChI is InChI=1S/C15H15F2N3O3/c1-9-6-19-11(8-18-9)14(21)20-7-10-3-4-12(23-15(16)17)13(5-10)22-2/h3-6,8,15H,7H2,1-2H3,(H,20,21). The molecular weight excluding hydrogens is 308 g/mol. The molecule has 6 nitrogen and oxygen atoms in total. The molecule has 2 aromatic rings. The van der Waals surface area contributed by atoms with E-state index < -0.39 is 6.61 Å². The first-order valence-corrected chi connectivity index (χ1v) is 6.68. The zero-order valence-electron chi connectivity index (χ0n) is 12.5. The van der Waals surface area contributed by atoms with E-state index in [0.29, 0.717) is 11.3 Å². The summed E-state index contributed by atoms with van der Waals surface area (Å²) in [6.07, 6.45) is 2.87. The average molecular weight is 323 g/mol. The second-order valence-electron chi connectivity index (χ2n) is 4.59. The maximum atomic E-state index is 12.3. The fraction of sp³-hybridized carbons (Fsp3) is 0.267. The van der Waals surface area contributed by atoms with Crippen LogP contribution in [0.5, 0.6) is 11.5 Å². The van der Waals surface area contributed by atoms with Crippen LogP contribution in [0.4, 0.5) is 8.78 Å². The third-order valence-corrected chi connectivity index (χ3v) is 2.91. The van der Waals surface area contributed by atoms with Gasteiger partial charge >= 0.3 is 6.61 Å². The molecule has 0 saturated heterocycles. The molecule has 1 aromatic carbocycles. The van der Waals surface area contributed by atoms with Crippen molar-refractivity contribution >= 4 is 5.91 Å². The van der Waals surface area contributed by atoms with E-state index in [9.17, 15) is 13.6 Å². The minimum Gasteiger partial charge on any atom is -0.493 e. The maximum absolute atomic E-state index is 12.3. The van der Waals surface area contributed by atoms with Crippen LogP contribution < -0.4 is 14.8 Å². The van der Waals surface area contributed by atoms with Gasteiger partial charge < -0.3 is 14.8 Å². The normalized spacial score (nSPS) is 10.5. The second kappa shape index (κ2) is 7.48. The Morgan fingerprint density at radius 2 is 2.04 bits per heavy atom. The summed E-state index contributed by atoms with van der Waals surface area (Å²) >= 11 is 0. The number of methoxy groups -OCH3 is 1. The van der Waals surface area contributed by atoms with Gasteiger partial charge in [-0.05, 0) is 24.6 Å². The van der Waals surface area contributed by atoms with E-state index in [0.717, 1.165) is 0 Å². The van der Waals surface area contributed by atoms with Gasteiger partial charge in [0.05, 0.1) is 19.0 Å². The number of benzene rings is 1. The van der Waals surface area contributed by atoms with Gasteiger partial charge in [0, 0.05) is 12.7 Å². The highest BCUT2D eigenvalue weighted by molar-refractivity contribution is 5.91. The zero-order valence-corrected chi connectivity index (χ0v) is 12.5. The zero-order chi connectivity index (χ0) is 16.8. The molecule has 0 spiro atoms. The number of halogens is 2. The van der Waals surface area contributed by atoms with Gasteiger partial charge in [0.15, 0.2) is 11.5 Å². The molecule has 0 bridgehead atoms. The number of carbonyl (C=O) groups is 1. The van der Waals surface area contributed by atoms with E-state index >= 15 is 0 Å². The highest BCUT2D eigenvalue weighted by Gasteiger charge is 2.12. The van der Waals surface area contributed by atoms with Crippen molar-refractivity contribution in [2.45, 2.75) is 20.1 Å². The van der Waals surface area contributed by atoms with E-state index in [1.807, 2.05) is 0 Å². The number of nitrogens with one attached hydrogen (secondary N) is 1. The third-order valence-electron chi connectivity index (χ3n) is 2.91. The number of amides is 1. The highest BCUT2D eigenvalue weighted by Crippen LogP contribution is 2.29. The van der Waals surface area contributed by atoms with Crippen LogP contribution in [0.15, 0.2) is 30.6 Å². The van der Waals surface area contributed by atoms with Crippen LogP contribution in [0.2, 0.25) is 0 Å². The number of alkyl halides is 2. The number of nitrogens with zero attached hydrogens (tertiary/aromatic N) is 2. The van der Waals surface area contributed by atoms with Gasteiger partial charge in [0.25, 0.3) is 5.91 Å². The van der Waals surface area contributed by atoms with Crippen molar-refractivity contribution in [2.24, 2.45) is 0 Å². The van der Waals surface area contributed by atoms with Crippen molar-refractivity contribution in [1.29, 1.82) is 0 Å². The molecule has 23 heavy (non-hydrogen) atoms. The molecule has 1 amide bonds. The van der Waals surface area contributed by atoms with Gasteiger partial charge in [-0.1, -0.05) is 6.07 Å². The Morgan fingerprint density at radius 3 is 2.65 bits per heavy atom. The van der Waals surface area contributed by atoms with E-state index in [1.54, 1.807) is 13.0 Å². The lowest BCUT2D eigenvalue weighted by Gasteiger charge is -2.11. The van der Waals surface area contributed by atoms with E-state index in [4.69, 9.17) is 4.74 Å². The highest BCUT2D eigenvalue weighted by atomic mass is 19.3. The summed E-state index contributed by atoms with van der Waals surface area (Å²) in [5, 5.41) is 2.66. The molecule has 0 aliphatic rings. The first-order chi connectivity index (χ1) is 11.0. The SMILES string of the molecule is COc1cc(CNC(=O)c2cnc(C)cn2)ccc1OC(F)F. The number of aryl methyl sites for hydroxylation is 1. The first-order valence-electron chi connectivity index (χ1n) is 6.68. The molecule has 1 N–H and O–H groups in total. The minimum atomic E-state index is -2.94. The molecule has 0 radical (unpaired) electrons. The fourth-order valence-corrected chi connectivity index (χ4v) is 1.80. The Balaban J connectivity index is 2.02. The van der Waals surface area contributed by atoms with Gasteiger partial charge in [0.2, 0.25) is 0 Å². The lowest BCUT2D eigenvalue weighted by molar-refractivity contribution is -0.0512. The quantitative estimate of drug-likeness (QED) is 0.883. The maximum Gasteiger partial charge on any atom is 0.387 e. The summed E-state index contributed by atoms with van der Waals surface area (Å²) in [7, 11) is 1.35. The summed E-state index contributed by atoms with van der Waals surface area (Å²) < 4.78 is 33.9. The summed E-state index contributed by atoms with van der Waals surface area (Å²) in [6.45, 7) is -0.987. The molecule has 0 unspecified atom stereocenters. The predicted molar refractivity (Wildman–Crippen MR) is 77.6 cm³/mol. The molecule has 0 aliphatic heterocycles. The van der Waals surface area contributed by atoms with Gasteiger partial charge in [-0.3, -0.25) is 9.78 Å². The number of rotatable bonds is 6. The smallest absolute Gasteiger partial charge is 0.387 e. The topological polar surface area (TPSA) is 73.3 Å². The van der Waals surface area contributed by atoms with Crippen LogP contribution in [0, 0.1) is 6.92 Å². The van der Waals surface area contributed by atoms with Crippen molar-refractivity contribution < 1.29 is 23.0 Å². The van der Waals surface area contributed by atoms with Crippen LogP contribution in [-0.2, 0) is 6.54 Å². The van der Waals surface area contributed by atoms with E-state index in [1.165, 1.54) is 31.6 Å². The summed E-state index contributed by atoms with van der Waals surface area (Å²) in [4.78, 5) is 19.9. The van der Waals surface area contributed by atoms with E-state index in [2.05, 4.69) is 20.0 Å². The number of ether oxygens (including phenoxy) is 2. The van der Waals surface area contributed by atoms with Crippen molar-refractivity contribution in [2.75, 3.05) is 7.11 Å². The lowest BCUT2D eigenvalue weighted by atomic mass is 10.2. The number of aromatic nitrogens is 2. The number of hydrogen-bond donors (Lipinski definition) is 1. The Morgan fingerprint density at radius 1 is 1.26 bits per heavy atom. The second-order valence-corrected chi connectivity index (χ2v) is 4.59. The van der Waals surface area contributed by atoms with Gasteiger partial charge in [-0.25, -0.2) is 4.98 Å². The van der Waals surface area contributed by atoms with Crippen molar-refractivity contribution in [3.63, 3.8) is 0 Å². The van der Waals surface area contributed by atoms with Crippen LogP contribution in [0.3, 0.4) is 0 Å². The summed E-state index contributed by atoms with van der Waals surface area (Å²) in [5.74, 6) is -0.293. The Hall–Kier alpha value is -2.77. The van der Waals surface area contributed by atoms with Gasteiger partial charge in [-0.2, -0.15) is 8.78 Å². The predicted octanol–water partition coefficient (Wildman–Crippen LogP) is 2.33. The van der Waals surface area contributed by atoms with Crippen molar-refractivity contribution in [3.05, 3.63) is 47.5 Å². The largest absolute Gasteiger partial charge is 0.493 e. The first kappa shape index (κ1) is 16.6. The summed E-state index contributed by atoms with van der Waals surface area (Å²) in [6, 6.07) is 4.43. The minimum absolute atomic E-state index is 0.0676. The molecule has 0 aliphatic carbocycles. The lowest BCUT2D eigenvalue weighted by Crippen LogP contribution is -2.24. The Labute approximate surface area is 131 Å². The van der Waals surface area contributed by atoms with Crippen molar-refractivity contribution in [3.8, 4) is 11.5 Å². The molecule has 0 fully saturated rings. The molecule has 0 saturated carbocycles. The molecule has 8 heteroatoms. The summed E-state index contributed by atoms with van der Waals surface area (Å²) in [5.41, 5.74) is 1.57. The van der Waals surface area contributed by atoms with E-state index in [-0.39, 0.29) is 29.6 Å². The molecule has 2 rings (SSSR count). The fourth-order valence-electron chi connectivity index (χ4n) is 1.80. The molecule has 1 aromatic heterocycles. The Bertz CT molecular complexity index is 678. The van der Waals surface area contributed by atoms with Gasteiger partial charge in [-0.15, -0.1) is 0 Å². The third kappa shape index (κ3) is 4.60.